The summed E-state index contributed by atoms with van der Waals surface area (Å²) in [7, 11) is 0. The summed E-state index contributed by atoms with van der Waals surface area (Å²) in [5, 5.41) is 0. The molecule has 1 aliphatic heterocycles. The van der Waals surface area contributed by atoms with Crippen molar-refractivity contribution in [3.05, 3.63) is 72.1 Å². The molecule has 2 aromatic carbocycles. The minimum atomic E-state index is -0.383. The van der Waals surface area contributed by atoms with Crippen LogP contribution in [-0.4, -0.2) is 17.4 Å². The van der Waals surface area contributed by atoms with Crippen LogP contribution in [0.25, 0.3) is 0 Å². The molecule has 0 fully saturated rings. The average Bonchev–Trinajstić information content (AvgIpc) is 2.55. The molecular weight excluding hydrogens is 281 g/mol. The normalized spacial score (nSPS) is 13.4. The van der Waals surface area contributed by atoms with Crippen LogP contribution in [0.5, 0.6) is 11.5 Å². The molecule has 112 valence electrons. The van der Waals surface area contributed by atoms with E-state index in [1.165, 1.54) is 12.1 Å². The lowest BCUT2D eigenvalue weighted by molar-refractivity contribution is -0.126. The van der Waals surface area contributed by atoms with Crippen molar-refractivity contribution in [3.63, 3.8) is 0 Å². The molecule has 0 radical (unpaired) electrons. The van der Waals surface area contributed by atoms with E-state index in [9.17, 15) is 9.18 Å². The van der Waals surface area contributed by atoms with Gasteiger partial charge in [-0.25, -0.2) is 4.39 Å². The summed E-state index contributed by atoms with van der Waals surface area (Å²) in [5.74, 6) is 0.264. The van der Waals surface area contributed by atoms with Gasteiger partial charge in [0.2, 0.25) is 5.91 Å². The van der Waals surface area contributed by atoms with Crippen LogP contribution in [0, 0.1) is 5.82 Å². The maximum absolute atomic E-state index is 14.2. The van der Waals surface area contributed by atoms with E-state index in [0.717, 1.165) is 11.1 Å². The molecule has 1 amide bonds. The molecule has 0 aliphatic carbocycles. The number of rotatable bonds is 3. The summed E-state index contributed by atoms with van der Waals surface area (Å²) < 4.78 is 19.8. The van der Waals surface area contributed by atoms with Gasteiger partial charge in [0.05, 0.1) is 0 Å². The quantitative estimate of drug-likeness (QED) is 0.809. The summed E-state index contributed by atoms with van der Waals surface area (Å²) in [5.41, 5.74) is 1.83. The van der Waals surface area contributed by atoms with Crippen LogP contribution in [-0.2, 0) is 17.8 Å². The highest BCUT2D eigenvalue weighted by Gasteiger charge is 2.21. The number of halogens is 1. The smallest absolute Gasteiger partial charge is 0.246 e. The second-order valence-corrected chi connectivity index (χ2v) is 5.18. The molecule has 0 unspecified atom stereocenters. The molecule has 0 N–H and O–H groups in total. The fourth-order valence-electron chi connectivity index (χ4n) is 2.57. The highest BCUT2D eigenvalue weighted by atomic mass is 19.1. The Kier molecular flexibility index (Phi) is 3.92. The van der Waals surface area contributed by atoms with Gasteiger partial charge in [-0.2, -0.15) is 0 Å². The minimum Gasteiger partial charge on any atom is -0.454 e. The van der Waals surface area contributed by atoms with Crippen molar-refractivity contribution < 1.29 is 13.9 Å². The van der Waals surface area contributed by atoms with Gasteiger partial charge in [0, 0.05) is 13.1 Å². The second kappa shape index (κ2) is 6.02. The number of carbonyl (C=O) groups is 1. The first kappa shape index (κ1) is 14.3. The maximum Gasteiger partial charge on any atom is 0.246 e. The number of fused-ring (bicyclic) bond motifs is 1. The molecule has 1 aliphatic rings. The van der Waals surface area contributed by atoms with Crippen LogP contribution in [0.1, 0.15) is 11.1 Å². The van der Waals surface area contributed by atoms with Crippen molar-refractivity contribution >= 4 is 5.91 Å². The van der Waals surface area contributed by atoms with Crippen molar-refractivity contribution in [3.8, 4) is 11.5 Å². The first-order valence-electron chi connectivity index (χ1n) is 7.13. The number of hydrogen-bond donors (Lipinski definition) is 0. The number of nitrogens with zero attached hydrogens (tertiary/aromatic N) is 1. The summed E-state index contributed by atoms with van der Waals surface area (Å²) in [6.45, 7) is 4.53. The predicted molar refractivity (Wildman–Crippen MR) is 82.2 cm³/mol. The molecule has 2 aromatic rings. The third kappa shape index (κ3) is 2.86. The molecule has 0 saturated heterocycles. The molecule has 0 atom stereocenters. The van der Waals surface area contributed by atoms with Crippen molar-refractivity contribution in [2.75, 3.05) is 6.54 Å². The topological polar surface area (TPSA) is 29.5 Å². The lowest BCUT2D eigenvalue weighted by atomic mass is 9.99. The number of benzene rings is 2. The van der Waals surface area contributed by atoms with Gasteiger partial charge < -0.3 is 9.64 Å². The fraction of sp³-hybridized carbons (Fsp3) is 0.167. The van der Waals surface area contributed by atoms with E-state index in [2.05, 4.69) is 6.58 Å². The molecular formula is C18H16FNO2. The van der Waals surface area contributed by atoms with Crippen LogP contribution in [0.4, 0.5) is 4.39 Å². The van der Waals surface area contributed by atoms with Gasteiger partial charge in [0.25, 0.3) is 0 Å². The van der Waals surface area contributed by atoms with Gasteiger partial charge >= 0.3 is 0 Å². The van der Waals surface area contributed by atoms with E-state index in [4.69, 9.17) is 4.74 Å². The molecule has 0 aromatic heterocycles. The molecule has 3 nitrogen and oxygen atoms in total. The van der Waals surface area contributed by atoms with Crippen LogP contribution in [0.3, 0.4) is 0 Å². The molecule has 3 rings (SSSR count). The van der Waals surface area contributed by atoms with Crippen molar-refractivity contribution in [1.82, 2.24) is 4.90 Å². The van der Waals surface area contributed by atoms with E-state index in [1.54, 1.807) is 23.1 Å². The number of para-hydroxylation sites is 1. The Labute approximate surface area is 128 Å². The third-order valence-corrected chi connectivity index (χ3v) is 3.72. The SMILES string of the molecule is C=CC(=O)N1CCc2cc(F)c(Oc3ccccc3)cc2C1. The van der Waals surface area contributed by atoms with E-state index >= 15 is 0 Å². The maximum atomic E-state index is 14.2. The largest absolute Gasteiger partial charge is 0.454 e. The van der Waals surface area contributed by atoms with Gasteiger partial charge in [0.1, 0.15) is 5.75 Å². The Morgan fingerprint density at radius 3 is 2.73 bits per heavy atom. The Balaban J connectivity index is 1.88. The first-order valence-corrected chi connectivity index (χ1v) is 7.13. The standard InChI is InChI=1S/C18H16FNO2/c1-2-18(21)20-9-8-13-10-16(19)17(11-14(13)12-20)22-15-6-4-3-5-7-15/h2-7,10-11H,1,8-9,12H2. The zero-order valence-electron chi connectivity index (χ0n) is 12.1. The van der Waals surface area contributed by atoms with Gasteiger partial charge in [-0.05, 0) is 47.9 Å². The second-order valence-electron chi connectivity index (χ2n) is 5.18. The van der Waals surface area contributed by atoms with Crippen LogP contribution in [0.15, 0.2) is 55.1 Å². The van der Waals surface area contributed by atoms with Crippen molar-refractivity contribution in [2.45, 2.75) is 13.0 Å². The summed E-state index contributed by atoms with van der Waals surface area (Å²) in [4.78, 5) is 13.4. The van der Waals surface area contributed by atoms with Crippen LogP contribution < -0.4 is 4.74 Å². The summed E-state index contributed by atoms with van der Waals surface area (Å²) in [6, 6.07) is 12.3. The lowest BCUT2D eigenvalue weighted by Crippen LogP contribution is -2.34. The molecule has 1 heterocycles. The zero-order chi connectivity index (χ0) is 15.5. The van der Waals surface area contributed by atoms with E-state index in [0.29, 0.717) is 25.3 Å². The minimum absolute atomic E-state index is 0.111. The molecule has 0 saturated carbocycles. The predicted octanol–water partition coefficient (Wildman–Crippen LogP) is 3.69. The number of ether oxygens (including phenoxy) is 1. The Hall–Kier alpha value is -2.62. The number of carbonyl (C=O) groups excluding carboxylic acids is 1. The summed E-state index contributed by atoms with van der Waals surface area (Å²) in [6.07, 6.45) is 1.94. The zero-order valence-corrected chi connectivity index (χ0v) is 12.1. The fourth-order valence-corrected chi connectivity index (χ4v) is 2.57. The molecule has 22 heavy (non-hydrogen) atoms. The van der Waals surface area contributed by atoms with Crippen LogP contribution in [0.2, 0.25) is 0 Å². The van der Waals surface area contributed by atoms with Gasteiger partial charge in [-0.3, -0.25) is 4.79 Å². The third-order valence-electron chi connectivity index (χ3n) is 3.72. The van der Waals surface area contributed by atoms with Crippen LogP contribution >= 0.6 is 0 Å². The highest BCUT2D eigenvalue weighted by Crippen LogP contribution is 2.30. The monoisotopic (exact) mass is 297 g/mol. The Morgan fingerprint density at radius 1 is 1.23 bits per heavy atom. The van der Waals surface area contributed by atoms with E-state index in [-0.39, 0.29) is 17.5 Å². The van der Waals surface area contributed by atoms with Gasteiger partial charge in [-0.1, -0.05) is 24.8 Å². The van der Waals surface area contributed by atoms with Crippen molar-refractivity contribution in [1.29, 1.82) is 0 Å². The first-order chi connectivity index (χ1) is 10.7. The number of amides is 1. The molecule has 0 bridgehead atoms. The highest BCUT2D eigenvalue weighted by molar-refractivity contribution is 5.87. The molecule has 4 heteroatoms. The van der Waals surface area contributed by atoms with Gasteiger partial charge in [-0.15, -0.1) is 0 Å². The number of hydrogen-bond acceptors (Lipinski definition) is 2. The Morgan fingerprint density at radius 2 is 2.00 bits per heavy atom. The van der Waals surface area contributed by atoms with Gasteiger partial charge in [0.15, 0.2) is 11.6 Å². The Bertz CT molecular complexity index is 713. The molecule has 0 spiro atoms. The summed E-state index contributed by atoms with van der Waals surface area (Å²) >= 11 is 0. The van der Waals surface area contributed by atoms with Crippen molar-refractivity contribution in [2.24, 2.45) is 0 Å². The van der Waals surface area contributed by atoms with E-state index in [1.807, 2.05) is 18.2 Å². The van der Waals surface area contributed by atoms with E-state index < -0.39 is 0 Å². The lowest BCUT2D eigenvalue weighted by Gasteiger charge is -2.28. The average molecular weight is 297 g/mol.